The van der Waals surface area contributed by atoms with E-state index in [-0.39, 0.29) is 157 Å². The van der Waals surface area contributed by atoms with Gasteiger partial charge in [0.2, 0.25) is 11.8 Å². The van der Waals surface area contributed by atoms with E-state index < -0.39 is 48.6 Å². The van der Waals surface area contributed by atoms with Crippen LogP contribution in [0.1, 0.15) is 169 Å². The normalized spacial score (nSPS) is 11.5. The summed E-state index contributed by atoms with van der Waals surface area (Å²) in [7, 11) is 28.2. The highest BCUT2D eigenvalue weighted by molar-refractivity contribution is 8.93. The molecule has 1 fully saturated rings. The third kappa shape index (κ3) is 35.1. The first-order valence-electron chi connectivity index (χ1n) is 34.3. The molecule has 10 radical (unpaired) electrons. The number of urea groups is 1. The number of carbonyl (C=O) groups excluding carboxylic acids is 3. The molecule has 588 valence electrons. The van der Waals surface area contributed by atoms with Crippen molar-refractivity contribution in [3.8, 4) is 12.3 Å². The summed E-state index contributed by atoms with van der Waals surface area (Å²) in [5.41, 5.74) is 2.68. The first-order chi connectivity index (χ1) is 48.7. The highest BCUT2D eigenvalue weighted by Crippen LogP contribution is 2.17. The van der Waals surface area contributed by atoms with E-state index in [1.165, 1.54) is 29.5 Å². The van der Waals surface area contributed by atoms with Gasteiger partial charge < -0.3 is 0 Å². The Bertz CT molecular complexity index is 3780. The minimum atomic E-state index is -0.748. The molecule has 1 aliphatic rings. The van der Waals surface area contributed by atoms with Crippen molar-refractivity contribution in [1.29, 1.82) is 0 Å². The number of imide groups is 2. The summed E-state index contributed by atoms with van der Waals surface area (Å²) in [5.74, 6) is 0.559. The molecule has 5 unspecified atom stereocenters. The van der Waals surface area contributed by atoms with Gasteiger partial charge in [-0.3, -0.25) is 88.9 Å². The van der Waals surface area contributed by atoms with E-state index in [9.17, 15) is 62.3 Å². The minimum absolute atomic E-state index is 0. The Hall–Kier alpha value is -4.22. The largest absolute Gasteiger partial charge is 0.335 e. The van der Waals surface area contributed by atoms with Crippen molar-refractivity contribution in [1.82, 2.24) is 55.4 Å². The van der Waals surface area contributed by atoms with Crippen molar-refractivity contribution in [3.63, 3.8) is 0 Å². The highest BCUT2D eigenvalue weighted by atomic mass is 79.9. The van der Waals surface area contributed by atoms with Gasteiger partial charge in [-0.05, 0) is 186 Å². The van der Waals surface area contributed by atoms with Crippen molar-refractivity contribution < 1.29 is 30.7 Å². The summed E-state index contributed by atoms with van der Waals surface area (Å²) < 4.78 is 62.5. The van der Waals surface area contributed by atoms with Gasteiger partial charge in [0.15, 0.2) is 0 Å². The SMILES string of the molecule is Br.Br.C.C.C.C.C.C.C.C#CC.CCN1C(=O)NC(=O)C(C)C1=O.CCn1c(=O)[nH]c(Cl)c(C)c1=O.CCn1c(=O)c(C)c(C)n(PC)c1=O.CCn1c(=O)c(C)c(C)n(PC)c1=O.CCn1c(=O)c(C)c(C)n(PC)c1=O.CCn1c(=O)c(C)c(Cl)n(PC)c1=O.CPC.[2HH].[2H][2H].[2H][2H].[2H][2H].[2H][2H].[2H][2H].[B]B([B])B([B])B([B])[B]. The van der Waals surface area contributed by atoms with E-state index in [1.54, 1.807) is 96.1 Å². The van der Waals surface area contributed by atoms with E-state index in [1.807, 2.05) is 47.4 Å². The third-order valence-electron chi connectivity index (χ3n) is 13.6. The lowest BCUT2D eigenvalue weighted by Crippen LogP contribution is -2.56. The van der Waals surface area contributed by atoms with Crippen molar-refractivity contribution >= 4 is 176 Å². The second-order valence-electron chi connectivity index (χ2n) is 19.6. The zero-order valence-electron chi connectivity index (χ0n) is 68.9. The highest BCUT2D eigenvalue weighted by Gasteiger charge is 2.36. The van der Waals surface area contributed by atoms with Crippen LogP contribution in [0.5, 0.6) is 0 Å². The maximum absolute atomic E-state index is 11.8. The molecular weight excluding hydrogens is 1580 g/mol. The molecule has 4 amide bonds. The van der Waals surface area contributed by atoms with Crippen LogP contribution in [0.2, 0.25) is 10.3 Å². The van der Waals surface area contributed by atoms with Crippen molar-refractivity contribution in [2.45, 2.75) is 195 Å². The zero-order chi connectivity index (χ0) is 84.3. The molecule has 1 saturated heterocycles. The van der Waals surface area contributed by atoms with Gasteiger partial charge in [0.1, 0.15) is 16.2 Å². The molecular formula is C61H129B8Br2Cl2N12O13P5. The van der Waals surface area contributed by atoms with Crippen LogP contribution in [-0.2, 0) is 42.3 Å². The first kappa shape index (κ1) is 112. The molecule has 103 heavy (non-hydrogen) atoms. The van der Waals surface area contributed by atoms with Crippen LogP contribution in [0, 0.1) is 73.7 Å². The van der Waals surface area contributed by atoms with E-state index in [0.29, 0.717) is 93.3 Å². The molecule has 42 heteroatoms. The quantitative estimate of drug-likeness (QED) is 0.0388. The van der Waals surface area contributed by atoms with Crippen LogP contribution in [-0.4, -0.2) is 172 Å². The van der Waals surface area contributed by atoms with Crippen LogP contribution in [0.15, 0.2) is 47.9 Å². The number of H-pyrrole nitrogens is 1. The summed E-state index contributed by atoms with van der Waals surface area (Å²) in [6.45, 7) is 41.9. The van der Waals surface area contributed by atoms with Gasteiger partial charge in [0.05, 0.1) is 5.56 Å². The number of carbonyl (C=O) groups is 3. The Balaban J connectivity index is -0.0000000565. The lowest BCUT2D eigenvalue weighted by molar-refractivity contribution is -0.141. The fourth-order valence-electron chi connectivity index (χ4n) is 7.69. The van der Waals surface area contributed by atoms with E-state index in [2.05, 4.69) is 36.0 Å². The minimum Gasteiger partial charge on any atom is -0.297 e. The van der Waals surface area contributed by atoms with Crippen LogP contribution in [0.3, 0.4) is 0 Å². The summed E-state index contributed by atoms with van der Waals surface area (Å²) in [6.07, 6.45) is 2.82. The number of nitrogens with zero attached hydrogens (tertiary/aromatic N) is 10. The lowest BCUT2D eigenvalue weighted by atomic mass is 8.68. The Kier molecular flexibility index (Phi) is 68.3. The third-order valence-corrected chi connectivity index (χ3v) is 18.4. The predicted molar refractivity (Wildman–Crippen MR) is 487 cm³/mol. The van der Waals surface area contributed by atoms with Gasteiger partial charge >= 0.3 is 34.5 Å². The standard InChI is InChI=1S/3C9H15N2O2P.C8H12ClN2O2P.C7H9ClN2O2.C7H10N2O3.C3H4.C2H7P.7CH4.B8.2BrH.6H2/c3*1-5-10-8(12)6(2)7(3)11(14-4)9(10)13;1-4-10-7(12)5(2)6(9)11(14-3)8(10)13;1-3-10-6(11)4(2)5(8)9-7(10)12;1-3-9-6(11)4(2)5(10)8-7(9)12;2*1-3-2;;;;;;;;1-6(2)8(5)7(3)4;;;;;;;;/h3*14H,5H2,1-4H3;14H,4H2,1-3H3;3H2,1-2H3,(H,9,12);4H,3H2,1-2H3,(H,8,10,12);1H,2H3;3H,1-2H3;7*1H4;;8*1H/i;;;;;;;;;;;;;;;;;;5*1+1D;1+1. The summed E-state index contributed by atoms with van der Waals surface area (Å²) in [6, 6.07) is -0.620. The van der Waals surface area contributed by atoms with Crippen LogP contribution in [0.25, 0.3) is 0 Å². The average molecular weight is 1720 g/mol. The lowest BCUT2D eigenvalue weighted by Gasteiger charge is -2.26. The van der Waals surface area contributed by atoms with Crippen molar-refractivity contribution in [3.05, 3.63) is 159 Å². The molecule has 6 rings (SSSR count). The number of nitrogens with one attached hydrogen (secondary N) is 2. The number of aromatic amines is 1. The monoisotopic (exact) mass is 1720 g/mol. The van der Waals surface area contributed by atoms with Gasteiger partial charge in [-0.15, -0.1) is 54.9 Å². The van der Waals surface area contributed by atoms with Gasteiger partial charge in [0, 0.05) is 153 Å². The Morgan fingerprint density at radius 2 is 0.709 bits per heavy atom. The molecule has 1 aliphatic heterocycles. The maximum Gasteiger partial charge on any atom is 0.335 e. The summed E-state index contributed by atoms with van der Waals surface area (Å²) >= 11 is 11.5. The summed E-state index contributed by atoms with van der Waals surface area (Å²) in [5, 5.41) is 2.46. The second kappa shape index (κ2) is 62.8. The zero-order valence-corrected chi connectivity index (χ0v) is 68.8. The number of rotatable bonds is 12. The van der Waals surface area contributed by atoms with Crippen LogP contribution < -0.4 is 61.6 Å². The summed E-state index contributed by atoms with van der Waals surface area (Å²) in [4.78, 5) is 152. The van der Waals surface area contributed by atoms with Crippen LogP contribution >= 0.6 is 101 Å². The molecule has 25 nitrogen and oxygen atoms in total. The molecule has 0 saturated carbocycles. The Morgan fingerprint density at radius 1 is 0.466 bits per heavy atom. The van der Waals surface area contributed by atoms with Crippen molar-refractivity contribution in [2.75, 3.05) is 46.5 Å². The maximum atomic E-state index is 11.8. The van der Waals surface area contributed by atoms with E-state index in [0.717, 1.165) is 35.1 Å². The smallest absolute Gasteiger partial charge is 0.297 e. The Labute approximate surface area is 678 Å². The number of amides is 4. The first-order valence-corrected chi connectivity index (χ1v) is 37.9. The Morgan fingerprint density at radius 3 is 0.932 bits per heavy atom. The average Bonchev–Trinajstić information content (AvgIpc) is 0.800. The molecule has 5 atom stereocenters. The van der Waals surface area contributed by atoms with E-state index >= 15 is 0 Å². The molecule has 5 aromatic rings. The van der Waals surface area contributed by atoms with Gasteiger partial charge in [-0.1, -0.05) is 75.2 Å². The molecule has 0 spiro atoms. The van der Waals surface area contributed by atoms with Gasteiger partial charge in [-0.2, -0.15) is 0 Å². The van der Waals surface area contributed by atoms with Gasteiger partial charge in [0.25, 0.3) is 27.8 Å². The number of halogens is 4. The van der Waals surface area contributed by atoms with Gasteiger partial charge in [-0.25, -0.2) is 28.8 Å². The molecule has 0 bridgehead atoms. The fourth-order valence-corrected chi connectivity index (χ4v) is 11.4. The fraction of sp³-hybridized carbons (Fsp3) is 0.590. The molecule has 2 N–H and O–H groups in total. The van der Waals surface area contributed by atoms with Crippen LogP contribution in [0.4, 0.5) is 4.79 Å². The van der Waals surface area contributed by atoms with E-state index in [4.69, 9.17) is 76.7 Å². The molecule has 5 aromatic heterocycles. The number of barbiturate groups is 1. The number of terminal acetylenes is 1. The predicted octanol–water partition coefficient (Wildman–Crippen LogP) is 9.06. The molecule has 0 aliphatic carbocycles. The number of hydrogen-bond acceptors (Lipinski definition) is 13. The van der Waals surface area contributed by atoms with Crippen molar-refractivity contribution in [2.24, 2.45) is 5.92 Å². The number of hydrogen-bond donors (Lipinski definition) is 2. The second-order valence-corrected chi connectivity index (χ2v) is 25.0. The molecule has 6 heterocycles. The number of aromatic nitrogens is 10. The molecule has 0 aromatic carbocycles. The topological polar surface area (TPSA) is 297 Å².